The minimum absolute atomic E-state index is 0.527. The molecule has 0 unspecified atom stereocenters. The normalized spacial score (nSPS) is 10.2. The van der Waals surface area contributed by atoms with Gasteiger partial charge in [0.1, 0.15) is 0 Å². The van der Waals surface area contributed by atoms with Crippen LogP contribution in [-0.4, -0.2) is 12.1 Å². The SMILES string of the molecule is COc1ccc(N)c(Nc2cccc(Br)c2C)n1. The molecular weight excluding hydrogens is 294 g/mol. The molecule has 0 spiro atoms. The summed E-state index contributed by atoms with van der Waals surface area (Å²) < 4.78 is 6.12. The summed E-state index contributed by atoms with van der Waals surface area (Å²) >= 11 is 3.49. The Bertz CT molecular complexity index is 572. The van der Waals surface area contributed by atoms with Gasteiger partial charge in [-0.05, 0) is 30.7 Å². The predicted molar refractivity (Wildman–Crippen MR) is 77.4 cm³/mol. The molecule has 3 N–H and O–H groups in total. The van der Waals surface area contributed by atoms with E-state index < -0.39 is 0 Å². The van der Waals surface area contributed by atoms with Crippen LogP contribution in [0.4, 0.5) is 17.2 Å². The van der Waals surface area contributed by atoms with Crippen molar-refractivity contribution in [2.45, 2.75) is 6.92 Å². The number of ether oxygens (including phenoxy) is 1. The highest BCUT2D eigenvalue weighted by Crippen LogP contribution is 2.28. The van der Waals surface area contributed by atoms with E-state index in [2.05, 4.69) is 26.2 Å². The molecule has 0 saturated carbocycles. The lowest BCUT2D eigenvalue weighted by atomic mass is 10.2. The van der Waals surface area contributed by atoms with Gasteiger partial charge in [0.2, 0.25) is 5.88 Å². The standard InChI is InChI=1S/C13H14BrN3O/c1-8-9(14)4-3-5-11(8)16-13-10(15)6-7-12(17-13)18-2/h3-7H,15H2,1-2H3,(H,16,17). The maximum absolute atomic E-state index is 5.89. The van der Waals surface area contributed by atoms with Gasteiger partial charge in [0, 0.05) is 16.2 Å². The van der Waals surface area contributed by atoms with E-state index >= 15 is 0 Å². The Morgan fingerprint density at radius 2 is 2.06 bits per heavy atom. The highest BCUT2D eigenvalue weighted by atomic mass is 79.9. The van der Waals surface area contributed by atoms with Gasteiger partial charge in [-0.2, -0.15) is 4.98 Å². The van der Waals surface area contributed by atoms with Crippen LogP contribution in [0.2, 0.25) is 0 Å². The lowest BCUT2D eigenvalue weighted by molar-refractivity contribution is 0.398. The first-order valence-corrected chi connectivity index (χ1v) is 6.23. The fraction of sp³-hybridized carbons (Fsp3) is 0.154. The van der Waals surface area contributed by atoms with Gasteiger partial charge in [0.05, 0.1) is 12.8 Å². The van der Waals surface area contributed by atoms with E-state index in [4.69, 9.17) is 10.5 Å². The van der Waals surface area contributed by atoms with E-state index in [1.54, 1.807) is 19.2 Å². The molecule has 1 aromatic carbocycles. The number of anilines is 3. The Labute approximate surface area is 114 Å². The van der Waals surface area contributed by atoms with Crippen molar-refractivity contribution in [3.05, 3.63) is 40.4 Å². The Morgan fingerprint density at radius 3 is 2.78 bits per heavy atom. The Balaban J connectivity index is 2.36. The molecule has 1 aromatic heterocycles. The molecule has 0 saturated heterocycles. The molecule has 0 fully saturated rings. The van der Waals surface area contributed by atoms with E-state index in [0.29, 0.717) is 17.4 Å². The average Bonchev–Trinajstić information content (AvgIpc) is 2.37. The number of benzene rings is 1. The van der Waals surface area contributed by atoms with Crippen LogP contribution in [0.15, 0.2) is 34.8 Å². The second kappa shape index (κ2) is 5.27. The van der Waals surface area contributed by atoms with E-state index in [1.165, 1.54) is 0 Å². The van der Waals surface area contributed by atoms with Gasteiger partial charge < -0.3 is 15.8 Å². The van der Waals surface area contributed by atoms with Crippen molar-refractivity contribution in [1.82, 2.24) is 4.98 Å². The monoisotopic (exact) mass is 307 g/mol. The van der Waals surface area contributed by atoms with Gasteiger partial charge in [-0.1, -0.05) is 22.0 Å². The number of pyridine rings is 1. The van der Waals surface area contributed by atoms with Gasteiger partial charge in [-0.25, -0.2) is 0 Å². The zero-order valence-electron chi connectivity index (χ0n) is 10.2. The first-order valence-electron chi connectivity index (χ1n) is 5.44. The quantitative estimate of drug-likeness (QED) is 0.911. The van der Waals surface area contributed by atoms with Crippen molar-refractivity contribution in [2.75, 3.05) is 18.2 Å². The molecule has 4 nitrogen and oxygen atoms in total. The molecule has 0 atom stereocenters. The number of nitrogen functional groups attached to an aromatic ring is 1. The van der Waals surface area contributed by atoms with Crippen LogP contribution in [0, 0.1) is 6.92 Å². The predicted octanol–water partition coefficient (Wildman–Crippen LogP) is 3.49. The Morgan fingerprint density at radius 1 is 1.28 bits per heavy atom. The van der Waals surface area contributed by atoms with Crippen molar-refractivity contribution < 1.29 is 4.74 Å². The number of nitrogens with zero attached hydrogens (tertiary/aromatic N) is 1. The van der Waals surface area contributed by atoms with Gasteiger partial charge in [0.25, 0.3) is 0 Å². The zero-order chi connectivity index (χ0) is 13.1. The lowest BCUT2D eigenvalue weighted by Crippen LogP contribution is -2.01. The van der Waals surface area contributed by atoms with Crippen LogP contribution in [-0.2, 0) is 0 Å². The number of methoxy groups -OCH3 is 1. The summed E-state index contributed by atoms with van der Waals surface area (Å²) in [4.78, 5) is 4.28. The van der Waals surface area contributed by atoms with Crippen LogP contribution in [0.1, 0.15) is 5.56 Å². The molecule has 2 aromatic rings. The van der Waals surface area contributed by atoms with E-state index in [0.717, 1.165) is 15.7 Å². The first-order chi connectivity index (χ1) is 8.61. The number of hydrogen-bond donors (Lipinski definition) is 2. The van der Waals surface area contributed by atoms with Crippen LogP contribution in [0.5, 0.6) is 5.88 Å². The van der Waals surface area contributed by atoms with Crippen LogP contribution in [0.25, 0.3) is 0 Å². The van der Waals surface area contributed by atoms with Crippen molar-refractivity contribution in [1.29, 1.82) is 0 Å². The number of nitrogens with two attached hydrogens (primary N) is 1. The number of hydrogen-bond acceptors (Lipinski definition) is 4. The summed E-state index contributed by atoms with van der Waals surface area (Å²) in [5.74, 6) is 1.12. The molecular formula is C13H14BrN3O. The molecule has 18 heavy (non-hydrogen) atoms. The van der Waals surface area contributed by atoms with E-state index in [-0.39, 0.29) is 0 Å². The molecule has 1 heterocycles. The molecule has 0 radical (unpaired) electrons. The summed E-state index contributed by atoms with van der Waals surface area (Å²) in [5.41, 5.74) is 8.52. The van der Waals surface area contributed by atoms with E-state index in [9.17, 15) is 0 Å². The van der Waals surface area contributed by atoms with Crippen molar-refractivity contribution in [3.8, 4) is 5.88 Å². The first kappa shape index (κ1) is 12.7. The molecule has 2 rings (SSSR count). The van der Waals surface area contributed by atoms with Gasteiger partial charge in [-0.15, -0.1) is 0 Å². The smallest absolute Gasteiger partial charge is 0.215 e. The molecule has 0 aliphatic carbocycles. The van der Waals surface area contributed by atoms with Crippen LogP contribution < -0.4 is 15.8 Å². The third kappa shape index (κ3) is 2.56. The summed E-state index contributed by atoms with van der Waals surface area (Å²) in [6.07, 6.45) is 0. The van der Waals surface area contributed by atoms with Crippen LogP contribution in [0.3, 0.4) is 0 Å². The van der Waals surface area contributed by atoms with Crippen molar-refractivity contribution >= 4 is 33.1 Å². The molecule has 0 aliphatic rings. The Hall–Kier alpha value is -1.75. The molecule has 94 valence electrons. The maximum Gasteiger partial charge on any atom is 0.215 e. The fourth-order valence-electron chi connectivity index (χ4n) is 1.54. The van der Waals surface area contributed by atoms with Crippen molar-refractivity contribution in [3.63, 3.8) is 0 Å². The number of nitrogens with one attached hydrogen (secondary N) is 1. The number of rotatable bonds is 3. The summed E-state index contributed by atoms with van der Waals surface area (Å²) in [5, 5.41) is 3.21. The topological polar surface area (TPSA) is 60.2 Å². The third-order valence-corrected chi connectivity index (χ3v) is 3.49. The third-order valence-electron chi connectivity index (χ3n) is 2.63. The summed E-state index contributed by atoms with van der Waals surface area (Å²) in [6.45, 7) is 2.02. The second-order valence-corrected chi connectivity index (χ2v) is 4.68. The van der Waals surface area contributed by atoms with Gasteiger partial charge >= 0.3 is 0 Å². The zero-order valence-corrected chi connectivity index (χ0v) is 11.8. The number of halogens is 1. The maximum atomic E-state index is 5.89. The molecule has 0 amide bonds. The van der Waals surface area contributed by atoms with Gasteiger partial charge in [0.15, 0.2) is 5.82 Å². The molecule has 5 heteroatoms. The Kier molecular flexibility index (Phi) is 3.72. The minimum atomic E-state index is 0.527. The largest absolute Gasteiger partial charge is 0.481 e. The van der Waals surface area contributed by atoms with Crippen molar-refractivity contribution in [2.24, 2.45) is 0 Å². The highest BCUT2D eigenvalue weighted by molar-refractivity contribution is 9.10. The highest BCUT2D eigenvalue weighted by Gasteiger charge is 2.07. The number of aromatic nitrogens is 1. The molecule has 0 aliphatic heterocycles. The summed E-state index contributed by atoms with van der Waals surface area (Å²) in [7, 11) is 1.58. The fourth-order valence-corrected chi connectivity index (χ4v) is 1.90. The lowest BCUT2D eigenvalue weighted by Gasteiger charge is -2.12. The second-order valence-electron chi connectivity index (χ2n) is 3.83. The summed E-state index contributed by atoms with van der Waals surface area (Å²) in [6, 6.07) is 9.41. The minimum Gasteiger partial charge on any atom is -0.481 e. The van der Waals surface area contributed by atoms with Crippen LogP contribution >= 0.6 is 15.9 Å². The van der Waals surface area contributed by atoms with Gasteiger partial charge in [-0.3, -0.25) is 0 Å². The van der Waals surface area contributed by atoms with E-state index in [1.807, 2.05) is 25.1 Å². The average molecular weight is 308 g/mol. The molecule has 0 bridgehead atoms.